The van der Waals surface area contributed by atoms with Gasteiger partial charge < -0.3 is 5.11 Å². The molecule has 2 rings (SSSR count). The van der Waals surface area contributed by atoms with Gasteiger partial charge >= 0.3 is 5.97 Å². The number of aromatic carboxylic acids is 1. The first-order chi connectivity index (χ1) is 9.97. The van der Waals surface area contributed by atoms with Gasteiger partial charge in [0.25, 0.3) is 0 Å². The van der Waals surface area contributed by atoms with Crippen LogP contribution >= 0.6 is 34.8 Å². The number of hydrogen-bond donors (Lipinski definition) is 2. The molecule has 7 heteroatoms. The van der Waals surface area contributed by atoms with E-state index in [0.29, 0.717) is 21.3 Å². The molecule has 0 saturated heterocycles. The Morgan fingerprint density at radius 2 is 1.86 bits per heavy atom. The van der Waals surface area contributed by atoms with E-state index >= 15 is 0 Å². The minimum atomic E-state index is -1.10. The molecule has 2 N–H and O–H groups in total. The van der Waals surface area contributed by atoms with Gasteiger partial charge in [0.05, 0.1) is 27.5 Å². The highest BCUT2D eigenvalue weighted by molar-refractivity contribution is 6.36. The maximum absolute atomic E-state index is 11.0. The highest BCUT2D eigenvalue weighted by Gasteiger charge is 2.08. The van der Waals surface area contributed by atoms with Crippen LogP contribution in [0.5, 0.6) is 0 Å². The number of carbonyl (C=O) groups is 1. The Morgan fingerprint density at radius 3 is 2.52 bits per heavy atom. The van der Waals surface area contributed by atoms with Crippen molar-refractivity contribution in [1.29, 1.82) is 0 Å². The van der Waals surface area contributed by atoms with Crippen molar-refractivity contribution in [3.63, 3.8) is 0 Å². The average Bonchev–Trinajstić information content (AvgIpc) is 2.42. The molecule has 2 aromatic carbocycles. The second kappa shape index (κ2) is 6.80. The monoisotopic (exact) mass is 342 g/mol. The van der Waals surface area contributed by atoms with Crippen LogP contribution in [0.25, 0.3) is 0 Å². The molecule has 0 aliphatic heterocycles. The highest BCUT2D eigenvalue weighted by Crippen LogP contribution is 2.21. The molecule has 0 saturated carbocycles. The van der Waals surface area contributed by atoms with Crippen molar-refractivity contribution in [3.8, 4) is 0 Å². The van der Waals surface area contributed by atoms with Gasteiger partial charge in [0.15, 0.2) is 0 Å². The second-order valence-corrected chi connectivity index (χ2v) is 5.29. The van der Waals surface area contributed by atoms with Gasteiger partial charge in [0.1, 0.15) is 0 Å². The van der Waals surface area contributed by atoms with E-state index < -0.39 is 5.97 Å². The van der Waals surface area contributed by atoms with Crippen LogP contribution in [0.4, 0.5) is 5.69 Å². The van der Waals surface area contributed by atoms with Crippen molar-refractivity contribution in [2.75, 3.05) is 5.43 Å². The molecule has 0 amide bonds. The molecule has 0 bridgehead atoms. The number of hydrogen-bond acceptors (Lipinski definition) is 3. The SMILES string of the molecule is O=C(O)c1cc(N/N=C\c2ccc(Cl)cc2Cl)ccc1Cl. The predicted octanol–water partition coefficient (Wildman–Crippen LogP) is 4.79. The van der Waals surface area contributed by atoms with Crippen LogP contribution in [-0.4, -0.2) is 17.3 Å². The molecule has 0 aromatic heterocycles. The summed E-state index contributed by atoms with van der Waals surface area (Å²) in [5, 5.41) is 14.1. The first kappa shape index (κ1) is 15.6. The first-order valence-electron chi connectivity index (χ1n) is 5.74. The third kappa shape index (κ3) is 4.11. The first-order valence-corrected chi connectivity index (χ1v) is 6.88. The molecule has 0 aliphatic carbocycles. The minimum absolute atomic E-state index is 0.00129. The molecular formula is C14H9Cl3N2O2. The Kier molecular flexibility index (Phi) is 5.07. The number of nitrogens with one attached hydrogen (secondary N) is 1. The molecular weight excluding hydrogens is 335 g/mol. The molecule has 0 spiro atoms. The Labute approximate surface area is 135 Å². The molecule has 0 atom stereocenters. The van der Waals surface area contributed by atoms with Crippen molar-refractivity contribution in [2.24, 2.45) is 5.10 Å². The summed E-state index contributed by atoms with van der Waals surface area (Å²) in [7, 11) is 0. The number of benzene rings is 2. The zero-order valence-electron chi connectivity index (χ0n) is 10.5. The zero-order chi connectivity index (χ0) is 15.4. The molecule has 0 fully saturated rings. The summed E-state index contributed by atoms with van der Waals surface area (Å²) < 4.78 is 0. The van der Waals surface area contributed by atoms with E-state index in [1.165, 1.54) is 18.3 Å². The van der Waals surface area contributed by atoms with Gasteiger partial charge in [-0.25, -0.2) is 4.79 Å². The summed E-state index contributed by atoms with van der Waals surface area (Å²) in [5.41, 5.74) is 3.89. The predicted molar refractivity (Wildman–Crippen MR) is 86.1 cm³/mol. The third-order valence-corrected chi connectivity index (χ3v) is 3.45. The number of anilines is 1. The van der Waals surface area contributed by atoms with Crippen LogP contribution < -0.4 is 5.43 Å². The van der Waals surface area contributed by atoms with Gasteiger partial charge in [-0.15, -0.1) is 0 Å². The molecule has 0 radical (unpaired) electrons. The molecule has 4 nitrogen and oxygen atoms in total. The van der Waals surface area contributed by atoms with Crippen LogP contribution in [0.3, 0.4) is 0 Å². The largest absolute Gasteiger partial charge is 0.478 e. The van der Waals surface area contributed by atoms with E-state index in [1.807, 2.05) is 0 Å². The van der Waals surface area contributed by atoms with E-state index in [-0.39, 0.29) is 10.6 Å². The Hall–Kier alpha value is -1.75. The summed E-state index contributed by atoms with van der Waals surface area (Å²) >= 11 is 17.6. The van der Waals surface area contributed by atoms with Crippen LogP contribution in [0.2, 0.25) is 15.1 Å². The molecule has 2 aromatic rings. The Morgan fingerprint density at radius 1 is 1.10 bits per heavy atom. The van der Waals surface area contributed by atoms with Gasteiger partial charge in [0.2, 0.25) is 0 Å². The fraction of sp³-hybridized carbons (Fsp3) is 0. The number of carboxylic acid groups (broad SMARTS) is 1. The normalized spacial score (nSPS) is 10.8. The van der Waals surface area contributed by atoms with Crippen LogP contribution in [-0.2, 0) is 0 Å². The summed E-state index contributed by atoms with van der Waals surface area (Å²) in [6.07, 6.45) is 1.51. The van der Waals surface area contributed by atoms with Gasteiger partial charge in [-0.05, 0) is 30.3 Å². The maximum Gasteiger partial charge on any atom is 0.337 e. The lowest BCUT2D eigenvalue weighted by Gasteiger charge is -2.04. The van der Waals surface area contributed by atoms with E-state index in [1.54, 1.807) is 24.3 Å². The Balaban J connectivity index is 2.14. The number of halogens is 3. The van der Waals surface area contributed by atoms with Crippen molar-refractivity contribution in [1.82, 2.24) is 0 Å². The van der Waals surface area contributed by atoms with Gasteiger partial charge in [-0.1, -0.05) is 40.9 Å². The smallest absolute Gasteiger partial charge is 0.337 e. The molecule has 21 heavy (non-hydrogen) atoms. The van der Waals surface area contributed by atoms with Crippen molar-refractivity contribution >= 4 is 52.7 Å². The van der Waals surface area contributed by atoms with Gasteiger partial charge in [-0.2, -0.15) is 5.10 Å². The maximum atomic E-state index is 11.0. The number of hydrazone groups is 1. The number of rotatable bonds is 4. The summed E-state index contributed by atoms with van der Waals surface area (Å²) in [5.74, 6) is -1.10. The highest BCUT2D eigenvalue weighted by atomic mass is 35.5. The standard InChI is InChI=1S/C14H9Cl3N2O2/c15-9-2-1-8(13(17)5-9)7-18-19-10-3-4-12(16)11(6-10)14(20)21/h1-7,19H,(H,20,21)/b18-7-. The van der Waals surface area contributed by atoms with E-state index in [9.17, 15) is 4.79 Å². The van der Waals surface area contributed by atoms with Crippen LogP contribution in [0.1, 0.15) is 15.9 Å². The van der Waals surface area contributed by atoms with Gasteiger partial charge in [0, 0.05) is 10.6 Å². The second-order valence-electron chi connectivity index (χ2n) is 4.04. The van der Waals surface area contributed by atoms with E-state index in [2.05, 4.69) is 10.5 Å². The lowest BCUT2D eigenvalue weighted by atomic mass is 10.2. The summed E-state index contributed by atoms with van der Waals surface area (Å²) in [6.45, 7) is 0. The van der Waals surface area contributed by atoms with Crippen molar-refractivity contribution in [3.05, 3.63) is 62.6 Å². The Bertz CT molecular complexity index is 717. The quantitative estimate of drug-likeness (QED) is 0.619. The van der Waals surface area contributed by atoms with E-state index in [0.717, 1.165) is 0 Å². The topological polar surface area (TPSA) is 61.7 Å². The molecule has 0 aliphatic rings. The van der Waals surface area contributed by atoms with E-state index in [4.69, 9.17) is 39.9 Å². The molecule has 0 unspecified atom stereocenters. The third-order valence-electron chi connectivity index (χ3n) is 2.56. The molecule has 0 heterocycles. The summed E-state index contributed by atoms with van der Waals surface area (Å²) in [6, 6.07) is 9.52. The van der Waals surface area contributed by atoms with Crippen molar-refractivity contribution in [2.45, 2.75) is 0 Å². The minimum Gasteiger partial charge on any atom is -0.478 e. The molecule has 108 valence electrons. The lowest BCUT2D eigenvalue weighted by molar-refractivity contribution is 0.0697. The lowest BCUT2D eigenvalue weighted by Crippen LogP contribution is -1.99. The zero-order valence-corrected chi connectivity index (χ0v) is 12.7. The fourth-order valence-electron chi connectivity index (χ4n) is 1.54. The number of carboxylic acids is 1. The average molecular weight is 344 g/mol. The van der Waals surface area contributed by atoms with Crippen LogP contribution in [0.15, 0.2) is 41.5 Å². The number of nitrogens with zero attached hydrogens (tertiary/aromatic N) is 1. The fourth-order valence-corrected chi connectivity index (χ4v) is 2.20. The van der Waals surface area contributed by atoms with Crippen LogP contribution in [0, 0.1) is 0 Å². The van der Waals surface area contributed by atoms with Crippen molar-refractivity contribution < 1.29 is 9.90 Å². The summed E-state index contributed by atoms with van der Waals surface area (Å²) in [4.78, 5) is 11.0. The van der Waals surface area contributed by atoms with Gasteiger partial charge in [-0.3, -0.25) is 5.43 Å².